The fraction of sp³-hybridized carbons (Fsp3) is 0.226. The Morgan fingerprint density at radius 2 is 1.53 bits per heavy atom. The molecular weight excluding hydrogens is 608 g/mol. The van der Waals surface area contributed by atoms with E-state index in [-0.39, 0.29) is 31.0 Å². The quantitative estimate of drug-likeness (QED) is 0.206. The van der Waals surface area contributed by atoms with Gasteiger partial charge in [0.15, 0.2) is 6.61 Å². The van der Waals surface area contributed by atoms with Crippen LogP contribution >= 0.6 is 31.9 Å². The summed E-state index contributed by atoms with van der Waals surface area (Å²) in [4.78, 5) is 28.9. The van der Waals surface area contributed by atoms with Gasteiger partial charge in [0.2, 0.25) is 5.91 Å². The van der Waals surface area contributed by atoms with Crippen LogP contribution in [0.5, 0.6) is 5.75 Å². The van der Waals surface area contributed by atoms with E-state index in [2.05, 4.69) is 37.2 Å². The lowest BCUT2D eigenvalue weighted by atomic mass is 10.0. The molecule has 38 heavy (non-hydrogen) atoms. The Labute approximate surface area is 240 Å². The lowest BCUT2D eigenvalue weighted by Gasteiger charge is -2.32. The van der Waals surface area contributed by atoms with Crippen molar-refractivity contribution in [2.24, 2.45) is 0 Å². The Balaban J connectivity index is 1.63. The molecule has 0 spiro atoms. The third-order valence-corrected chi connectivity index (χ3v) is 7.49. The predicted octanol–water partition coefficient (Wildman–Crippen LogP) is 6.91. The zero-order valence-corrected chi connectivity index (χ0v) is 24.5. The lowest BCUT2D eigenvalue weighted by Crippen LogP contribution is -2.52. The first-order valence-corrected chi connectivity index (χ1v) is 14.1. The first-order valence-electron chi connectivity index (χ1n) is 12.5. The number of carbonyl (C=O) groups is 2. The predicted molar refractivity (Wildman–Crippen MR) is 159 cm³/mol. The monoisotopic (exact) mass is 636 g/mol. The summed E-state index contributed by atoms with van der Waals surface area (Å²) in [7, 11) is 0. The maximum Gasteiger partial charge on any atom is 0.261 e. The van der Waals surface area contributed by atoms with Gasteiger partial charge in [-0.3, -0.25) is 9.59 Å². The summed E-state index contributed by atoms with van der Waals surface area (Å²) in [6, 6.07) is 28.5. The highest BCUT2D eigenvalue weighted by atomic mass is 79.9. The van der Waals surface area contributed by atoms with E-state index in [1.54, 1.807) is 4.90 Å². The molecule has 1 atom stereocenters. The van der Waals surface area contributed by atoms with Crippen molar-refractivity contribution in [3.8, 4) is 5.75 Å². The Kier molecular flexibility index (Phi) is 9.58. The number of ether oxygens (including phenoxy) is 1. The molecule has 0 aliphatic heterocycles. The Bertz CT molecular complexity index is 1390. The van der Waals surface area contributed by atoms with Crippen LogP contribution in [0.3, 0.4) is 0 Å². The first-order chi connectivity index (χ1) is 18.3. The summed E-state index contributed by atoms with van der Waals surface area (Å²) in [5.41, 5.74) is 1.90. The average Bonchev–Trinajstić information content (AvgIpc) is 2.91. The van der Waals surface area contributed by atoms with Crippen LogP contribution in [0, 0.1) is 0 Å². The number of hydrogen-bond acceptors (Lipinski definition) is 3. The van der Waals surface area contributed by atoms with Crippen molar-refractivity contribution < 1.29 is 14.3 Å². The number of carbonyl (C=O) groups excluding carboxylic acids is 2. The molecule has 4 aromatic carbocycles. The minimum Gasteiger partial charge on any atom is -0.483 e. The van der Waals surface area contributed by atoms with Crippen LogP contribution in [0.4, 0.5) is 0 Å². The van der Waals surface area contributed by atoms with Gasteiger partial charge in [0.25, 0.3) is 5.91 Å². The second kappa shape index (κ2) is 13.1. The number of benzene rings is 4. The summed E-state index contributed by atoms with van der Waals surface area (Å²) in [6.45, 7) is 3.91. The number of nitrogens with zero attached hydrogens (tertiary/aromatic N) is 1. The number of fused-ring (bicyclic) bond motifs is 1. The molecule has 0 radical (unpaired) electrons. The van der Waals surface area contributed by atoms with Crippen LogP contribution in [-0.4, -0.2) is 35.4 Å². The van der Waals surface area contributed by atoms with Crippen molar-refractivity contribution in [1.82, 2.24) is 10.2 Å². The molecular formula is C31H30Br2N2O3. The van der Waals surface area contributed by atoms with E-state index in [4.69, 9.17) is 4.74 Å². The molecule has 0 unspecified atom stereocenters. The second-order valence-electron chi connectivity index (χ2n) is 9.40. The number of hydrogen-bond donors (Lipinski definition) is 1. The molecule has 1 N–H and O–H groups in total. The molecule has 0 saturated heterocycles. The molecule has 0 fully saturated rings. The molecule has 0 aliphatic carbocycles. The van der Waals surface area contributed by atoms with Crippen molar-refractivity contribution >= 4 is 54.4 Å². The summed E-state index contributed by atoms with van der Waals surface area (Å²) >= 11 is 7.10. The van der Waals surface area contributed by atoms with E-state index in [1.807, 2.05) is 105 Å². The van der Waals surface area contributed by atoms with Crippen LogP contribution in [0.2, 0.25) is 0 Å². The third-order valence-electron chi connectivity index (χ3n) is 6.15. The lowest BCUT2D eigenvalue weighted by molar-refractivity contribution is -0.143. The number of nitrogens with one attached hydrogen (secondary N) is 1. The maximum atomic E-state index is 13.8. The number of amides is 2. The normalized spacial score (nSPS) is 11.8. The molecule has 2 amide bonds. The van der Waals surface area contributed by atoms with Crippen LogP contribution in [0.15, 0.2) is 99.9 Å². The minimum absolute atomic E-state index is 0.0600. The van der Waals surface area contributed by atoms with E-state index < -0.39 is 6.04 Å². The van der Waals surface area contributed by atoms with Gasteiger partial charge in [-0.2, -0.15) is 0 Å². The molecule has 5 nitrogen and oxygen atoms in total. The molecule has 4 aromatic rings. The standard InChI is InChI=1S/C31H30Br2N2O3/c1-21(2)34-31(37)27(18-22-8-4-3-5-9-22)35(19-23-12-15-25(32)16-13-23)29(36)20-38-28-17-14-24-10-6-7-11-26(24)30(28)33/h3-17,21,27H,18-20H2,1-2H3,(H,34,37)/t27-/m0/s1. The van der Waals surface area contributed by atoms with Gasteiger partial charge >= 0.3 is 0 Å². The number of rotatable bonds is 10. The largest absolute Gasteiger partial charge is 0.483 e. The SMILES string of the molecule is CC(C)NC(=O)[C@H](Cc1ccccc1)N(Cc1ccc(Br)cc1)C(=O)COc1ccc2ccccc2c1Br. The Hall–Kier alpha value is -3.16. The van der Waals surface area contributed by atoms with Crippen LogP contribution in [0.25, 0.3) is 10.8 Å². The second-order valence-corrected chi connectivity index (χ2v) is 11.1. The van der Waals surface area contributed by atoms with Crippen LogP contribution in [0.1, 0.15) is 25.0 Å². The van der Waals surface area contributed by atoms with E-state index in [1.165, 1.54) is 0 Å². The van der Waals surface area contributed by atoms with Gasteiger partial charge in [0.1, 0.15) is 11.8 Å². The van der Waals surface area contributed by atoms with Gasteiger partial charge in [-0.1, -0.05) is 88.7 Å². The van der Waals surface area contributed by atoms with Gasteiger partial charge in [0.05, 0.1) is 4.47 Å². The first kappa shape index (κ1) is 27.9. The molecule has 4 rings (SSSR count). The van der Waals surface area contributed by atoms with Gasteiger partial charge < -0.3 is 15.0 Å². The molecule has 0 aliphatic rings. The zero-order valence-electron chi connectivity index (χ0n) is 21.4. The van der Waals surface area contributed by atoms with Gasteiger partial charge in [0, 0.05) is 23.5 Å². The third kappa shape index (κ3) is 7.23. The van der Waals surface area contributed by atoms with E-state index in [0.717, 1.165) is 30.8 Å². The smallest absolute Gasteiger partial charge is 0.261 e. The molecule has 7 heteroatoms. The van der Waals surface area contributed by atoms with E-state index in [9.17, 15) is 9.59 Å². The summed E-state index contributed by atoms with van der Waals surface area (Å²) in [6.07, 6.45) is 0.390. The van der Waals surface area contributed by atoms with Gasteiger partial charge in [-0.25, -0.2) is 0 Å². The summed E-state index contributed by atoms with van der Waals surface area (Å²) < 4.78 is 7.77. The molecule has 0 bridgehead atoms. The van der Waals surface area contributed by atoms with Crippen LogP contribution < -0.4 is 10.1 Å². The molecule has 0 saturated carbocycles. The van der Waals surface area contributed by atoms with Crippen molar-refractivity contribution in [1.29, 1.82) is 0 Å². The highest BCUT2D eigenvalue weighted by molar-refractivity contribution is 9.11. The van der Waals surface area contributed by atoms with Crippen molar-refractivity contribution in [3.05, 3.63) is 111 Å². The summed E-state index contributed by atoms with van der Waals surface area (Å²) in [5.74, 6) is 0.112. The number of halogens is 2. The fourth-order valence-corrected chi connectivity index (χ4v) is 5.14. The molecule has 0 aromatic heterocycles. The highest BCUT2D eigenvalue weighted by Gasteiger charge is 2.31. The van der Waals surface area contributed by atoms with Crippen molar-refractivity contribution in [2.75, 3.05) is 6.61 Å². The maximum absolute atomic E-state index is 13.8. The van der Waals surface area contributed by atoms with E-state index >= 15 is 0 Å². The molecule has 0 heterocycles. The fourth-order valence-electron chi connectivity index (χ4n) is 4.27. The van der Waals surface area contributed by atoms with Gasteiger partial charge in [-0.05, 0) is 69.9 Å². The van der Waals surface area contributed by atoms with Crippen molar-refractivity contribution in [2.45, 2.75) is 38.9 Å². The highest BCUT2D eigenvalue weighted by Crippen LogP contribution is 2.33. The minimum atomic E-state index is -0.709. The Morgan fingerprint density at radius 1 is 0.842 bits per heavy atom. The topological polar surface area (TPSA) is 58.6 Å². The van der Waals surface area contributed by atoms with Crippen LogP contribution in [-0.2, 0) is 22.6 Å². The zero-order chi connectivity index (χ0) is 27.1. The summed E-state index contributed by atoms with van der Waals surface area (Å²) in [5, 5.41) is 5.08. The average molecular weight is 638 g/mol. The van der Waals surface area contributed by atoms with Gasteiger partial charge in [-0.15, -0.1) is 0 Å². The van der Waals surface area contributed by atoms with Crippen molar-refractivity contribution in [3.63, 3.8) is 0 Å². The Morgan fingerprint density at radius 3 is 2.24 bits per heavy atom. The van der Waals surface area contributed by atoms with E-state index in [0.29, 0.717) is 12.2 Å². The molecule has 196 valence electrons.